The van der Waals surface area contributed by atoms with Crippen LogP contribution in [0.4, 0.5) is 0 Å². The van der Waals surface area contributed by atoms with Crippen molar-refractivity contribution in [1.29, 1.82) is 5.26 Å². The van der Waals surface area contributed by atoms with Gasteiger partial charge in [0.15, 0.2) is 6.10 Å². The van der Waals surface area contributed by atoms with Crippen LogP contribution in [0.25, 0.3) is 0 Å². The number of likely N-dealkylation sites (N-methyl/N-ethyl adjacent to an activating group) is 1. The molecular weight excluding hydrogens is 288 g/mol. The predicted octanol–water partition coefficient (Wildman–Crippen LogP) is 2.33. The molecule has 0 saturated carbocycles. The minimum atomic E-state index is -0.874. The molecule has 0 unspecified atom stereocenters. The number of rotatable bonds is 6. The van der Waals surface area contributed by atoms with E-state index < -0.39 is 12.1 Å². The highest BCUT2D eigenvalue weighted by Crippen LogP contribution is 2.15. The van der Waals surface area contributed by atoms with Gasteiger partial charge < -0.3 is 9.64 Å². The first-order valence-corrected chi connectivity index (χ1v) is 7.69. The zero-order chi connectivity index (χ0) is 15.8. The fourth-order valence-electron chi connectivity index (χ4n) is 1.64. The summed E-state index contributed by atoms with van der Waals surface area (Å²) >= 11 is 1.58. The van der Waals surface area contributed by atoms with Crippen LogP contribution in [-0.4, -0.2) is 42.7 Å². The Morgan fingerprint density at radius 3 is 2.52 bits per heavy atom. The summed E-state index contributed by atoms with van der Waals surface area (Å²) in [5.74, 6) is -0.850. The Balaban J connectivity index is 2.60. The van der Waals surface area contributed by atoms with Gasteiger partial charge >= 0.3 is 5.97 Å². The lowest BCUT2D eigenvalue weighted by molar-refractivity contribution is -0.138. The van der Waals surface area contributed by atoms with Crippen molar-refractivity contribution in [3.63, 3.8) is 0 Å². The van der Waals surface area contributed by atoms with Crippen molar-refractivity contribution in [3.05, 3.63) is 29.8 Å². The molecular formula is C15H18N2O3S. The number of nitrogens with zero attached hydrogens (tertiary/aromatic N) is 2. The van der Waals surface area contributed by atoms with Crippen LogP contribution in [0.2, 0.25) is 0 Å². The van der Waals surface area contributed by atoms with Crippen LogP contribution >= 0.6 is 11.8 Å². The van der Waals surface area contributed by atoms with E-state index in [-0.39, 0.29) is 12.3 Å². The van der Waals surface area contributed by atoms with E-state index in [1.54, 1.807) is 30.9 Å². The first-order valence-electron chi connectivity index (χ1n) is 6.46. The maximum atomic E-state index is 12.0. The van der Waals surface area contributed by atoms with Crippen LogP contribution in [0.3, 0.4) is 0 Å². The fraction of sp³-hybridized carbons (Fsp3) is 0.400. The number of carbonyl (C=O) groups is 2. The van der Waals surface area contributed by atoms with Crippen molar-refractivity contribution in [1.82, 2.24) is 4.90 Å². The van der Waals surface area contributed by atoms with Crippen molar-refractivity contribution in [2.75, 3.05) is 19.8 Å². The van der Waals surface area contributed by atoms with Gasteiger partial charge in [-0.25, -0.2) is 4.79 Å². The van der Waals surface area contributed by atoms with E-state index in [4.69, 9.17) is 10.00 Å². The summed E-state index contributed by atoms with van der Waals surface area (Å²) in [6.07, 6.45) is 1.32. The van der Waals surface area contributed by atoms with Crippen LogP contribution in [0.15, 0.2) is 29.2 Å². The Kier molecular flexibility index (Phi) is 6.76. The largest absolute Gasteiger partial charge is 0.449 e. The molecule has 0 N–H and O–H groups in total. The summed E-state index contributed by atoms with van der Waals surface area (Å²) < 4.78 is 5.15. The molecule has 0 radical (unpaired) electrons. The third kappa shape index (κ3) is 5.12. The molecule has 0 aromatic heterocycles. The molecule has 1 aromatic rings. The summed E-state index contributed by atoms with van der Waals surface area (Å²) in [5.41, 5.74) is 0.409. The molecule has 1 aromatic carbocycles. The van der Waals surface area contributed by atoms with Crippen LogP contribution in [0.1, 0.15) is 23.7 Å². The second kappa shape index (κ2) is 8.32. The van der Waals surface area contributed by atoms with Crippen LogP contribution in [0.5, 0.6) is 0 Å². The van der Waals surface area contributed by atoms with Gasteiger partial charge in [-0.15, -0.1) is 11.8 Å². The smallest absolute Gasteiger partial charge is 0.338 e. The predicted molar refractivity (Wildman–Crippen MR) is 81.0 cm³/mol. The summed E-state index contributed by atoms with van der Waals surface area (Å²) in [5, 5.41) is 8.50. The maximum Gasteiger partial charge on any atom is 0.338 e. The van der Waals surface area contributed by atoms with Gasteiger partial charge in [0.25, 0.3) is 5.91 Å². The molecule has 112 valence electrons. The van der Waals surface area contributed by atoms with Crippen molar-refractivity contribution in [2.45, 2.75) is 24.3 Å². The van der Waals surface area contributed by atoms with E-state index in [2.05, 4.69) is 0 Å². The Morgan fingerprint density at radius 2 is 2.00 bits per heavy atom. The first kappa shape index (κ1) is 17.1. The number of esters is 1. The number of benzene rings is 1. The van der Waals surface area contributed by atoms with E-state index in [1.807, 2.05) is 24.5 Å². The monoisotopic (exact) mass is 306 g/mol. The van der Waals surface area contributed by atoms with Gasteiger partial charge in [-0.2, -0.15) is 5.26 Å². The quantitative estimate of drug-likeness (QED) is 0.596. The second-order valence-electron chi connectivity index (χ2n) is 4.44. The Labute approximate surface area is 128 Å². The van der Waals surface area contributed by atoms with Gasteiger partial charge in [0, 0.05) is 18.5 Å². The molecule has 0 aliphatic heterocycles. The molecule has 0 heterocycles. The van der Waals surface area contributed by atoms with Gasteiger partial charge in [0.1, 0.15) is 0 Å². The minimum absolute atomic E-state index is 0.249. The number of amides is 1. The van der Waals surface area contributed by atoms with Gasteiger partial charge in [0.2, 0.25) is 0 Å². The zero-order valence-corrected chi connectivity index (χ0v) is 13.1. The van der Waals surface area contributed by atoms with E-state index in [0.717, 1.165) is 4.90 Å². The third-order valence-corrected chi connectivity index (χ3v) is 3.64. The minimum Gasteiger partial charge on any atom is -0.449 e. The molecule has 1 amide bonds. The number of thioether (sulfide) groups is 1. The Morgan fingerprint density at radius 1 is 1.38 bits per heavy atom. The van der Waals surface area contributed by atoms with Crippen LogP contribution in [-0.2, 0) is 9.53 Å². The number of hydrogen-bond donors (Lipinski definition) is 0. The molecule has 1 rings (SSSR count). The van der Waals surface area contributed by atoms with Crippen molar-refractivity contribution in [2.24, 2.45) is 0 Å². The molecule has 0 bridgehead atoms. The second-order valence-corrected chi connectivity index (χ2v) is 5.32. The normalized spacial score (nSPS) is 11.3. The number of hydrogen-bond acceptors (Lipinski definition) is 5. The van der Waals surface area contributed by atoms with Crippen LogP contribution < -0.4 is 0 Å². The molecule has 0 saturated heterocycles. The maximum absolute atomic E-state index is 12.0. The molecule has 0 spiro atoms. The van der Waals surface area contributed by atoms with E-state index >= 15 is 0 Å². The molecule has 0 fully saturated rings. The van der Waals surface area contributed by atoms with Crippen molar-refractivity contribution >= 4 is 23.6 Å². The lowest BCUT2D eigenvalue weighted by Gasteiger charge is -2.20. The van der Waals surface area contributed by atoms with Gasteiger partial charge in [-0.3, -0.25) is 4.79 Å². The number of carbonyl (C=O) groups excluding carboxylic acids is 2. The van der Waals surface area contributed by atoms with Crippen molar-refractivity contribution < 1.29 is 14.3 Å². The lowest BCUT2D eigenvalue weighted by atomic mass is 10.2. The van der Waals surface area contributed by atoms with Gasteiger partial charge in [0.05, 0.1) is 18.1 Å². The van der Waals surface area contributed by atoms with Gasteiger partial charge in [-0.05, 0) is 37.4 Å². The van der Waals surface area contributed by atoms with Crippen LogP contribution in [0, 0.1) is 11.3 Å². The molecule has 6 heteroatoms. The van der Waals surface area contributed by atoms with E-state index in [1.165, 1.54) is 11.8 Å². The SMILES string of the molecule is CSc1ccc(C(=O)O[C@H](C)C(=O)N(C)CCC#N)cc1. The third-order valence-electron chi connectivity index (χ3n) is 2.89. The van der Waals surface area contributed by atoms with E-state index in [0.29, 0.717) is 12.1 Å². The standard InChI is InChI=1S/C15H18N2O3S/c1-11(14(18)17(2)10-4-9-16)20-15(19)12-5-7-13(21-3)8-6-12/h5-8,11H,4,10H2,1-3H3/t11-/m1/s1. The highest BCUT2D eigenvalue weighted by molar-refractivity contribution is 7.98. The Bertz CT molecular complexity index is 537. The molecule has 0 aliphatic carbocycles. The topological polar surface area (TPSA) is 70.4 Å². The lowest BCUT2D eigenvalue weighted by Crippen LogP contribution is -2.37. The number of ether oxygens (including phenoxy) is 1. The average Bonchev–Trinajstić information content (AvgIpc) is 2.51. The summed E-state index contributed by atoms with van der Waals surface area (Å²) in [6, 6.07) is 8.96. The first-order chi connectivity index (χ1) is 9.99. The van der Waals surface area contributed by atoms with Crippen molar-refractivity contribution in [3.8, 4) is 6.07 Å². The summed E-state index contributed by atoms with van der Waals surface area (Å²) in [7, 11) is 1.58. The fourth-order valence-corrected chi connectivity index (χ4v) is 2.05. The van der Waals surface area contributed by atoms with E-state index in [9.17, 15) is 9.59 Å². The molecule has 1 atom stereocenters. The van der Waals surface area contributed by atoms with Gasteiger partial charge in [-0.1, -0.05) is 0 Å². The average molecular weight is 306 g/mol. The summed E-state index contributed by atoms with van der Waals surface area (Å²) in [6.45, 7) is 1.85. The Hall–Kier alpha value is -2.00. The molecule has 5 nitrogen and oxygen atoms in total. The highest BCUT2D eigenvalue weighted by Gasteiger charge is 2.21. The highest BCUT2D eigenvalue weighted by atomic mass is 32.2. The zero-order valence-electron chi connectivity index (χ0n) is 12.3. The number of nitriles is 1. The molecule has 0 aliphatic rings. The summed E-state index contributed by atoms with van der Waals surface area (Å²) in [4.78, 5) is 26.3. The molecule has 21 heavy (non-hydrogen) atoms.